The molecule has 2 unspecified atom stereocenters. The molecule has 9 heteroatoms. The van der Waals surface area contributed by atoms with E-state index in [0.29, 0.717) is 12.5 Å². The molecule has 1 saturated carbocycles. The molecule has 0 radical (unpaired) electrons. The number of aliphatic carboxylic acids is 1. The van der Waals surface area contributed by atoms with Crippen LogP contribution in [0.15, 0.2) is 17.1 Å². The first-order valence-corrected chi connectivity index (χ1v) is 11.0. The van der Waals surface area contributed by atoms with Crippen molar-refractivity contribution in [2.75, 3.05) is 6.67 Å². The molecule has 2 rings (SSSR count). The van der Waals surface area contributed by atoms with Gasteiger partial charge < -0.3 is 10.4 Å². The zero-order valence-electron chi connectivity index (χ0n) is 18.6. The molecule has 1 aliphatic carbocycles. The van der Waals surface area contributed by atoms with Crippen LogP contribution in [0.5, 0.6) is 0 Å². The smallest absolute Gasteiger partial charge is 0.303 e. The summed E-state index contributed by atoms with van der Waals surface area (Å²) in [7, 11) is 0. The molecule has 1 fully saturated rings. The number of carbonyl (C=O) groups excluding carboxylic acids is 2. The molecule has 1 aliphatic rings. The number of nitrogens with zero attached hydrogens (tertiary/aromatic N) is 2. The van der Waals surface area contributed by atoms with Gasteiger partial charge >= 0.3 is 5.97 Å². The van der Waals surface area contributed by atoms with Gasteiger partial charge in [-0.1, -0.05) is 33.1 Å². The summed E-state index contributed by atoms with van der Waals surface area (Å²) in [6, 6.07) is 0.227. The number of rotatable bonds is 10. The molecular weight excluding hydrogens is 405 g/mol. The monoisotopic (exact) mass is 439 g/mol. The van der Waals surface area contributed by atoms with Gasteiger partial charge in [0.15, 0.2) is 5.78 Å². The molecule has 174 valence electrons. The van der Waals surface area contributed by atoms with Crippen LogP contribution in [-0.4, -0.2) is 45.3 Å². The van der Waals surface area contributed by atoms with Crippen LogP contribution in [0.1, 0.15) is 77.2 Å². The van der Waals surface area contributed by atoms with Crippen molar-refractivity contribution < 1.29 is 23.9 Å². The van der Waals surface area contributed by atoms with Crippen molar-refractivity contribution in [2.24, 2.45) is 5.92 Å². The number of carboxylic acids is 1. The van der Waals surface area contributed by atoms with Crippen LogP contribution in [0, 0.1) is 5.92 Å². The van der Waals surface area contributed by atoms with E-state index in [1.165, 1.54) is 30.3 Å². The largest absolute Gasteiger partial charge is 0.481 e. The minimum atomic E-state index is -1.30. The predicted molar refractivity (Wildman–Crippen MR) is 115 cm³/mol. The van der Waals surface area contributed by atoms with Gasteiger partial charge in [0.25, 0.3) is 5.56 Å². The van der Waals surface area contributed by atoms with E-state index in [0.717, 1.165) is 25.7 Å². The summed E-state index contributed by atoms with van der Waals surface area (Å²) >= 11 is 0. The Morgan fingerprint density at radius 3 is 2.48 bits per heavy atom. The highest BCUT2D eigenvalue weighted by Crippen LogP contribution is 2.24. The quantitative estimate of drug-likeness (QED) is 0.579. The summed E-state index contributed by atoms with van der Waals surface area (Å²) in [6.07, 6.45) is 6.45. The molecule has 1 aromatic rings. The molecule has 1 aromatic heterocycles. The van der Waals surface area contributed by atoms with Crippen molar-refractivity contribution in [1.82, 2.24) is 15.1 Å². The summed E-state index contributed by atoms with van der Waals surface area (Å²) in [6.45, 7) is 4.72. The molecule has 1 heterocycles. The van der Waals surface area contributed by atoms with Crippen LogP contribution in [0.2, 0.25) is 0 Å². The summed E-state index contributed by atoms with van der Waals surface area (Å²) < 4.78 is 14.1. The van der Waals surface area contributed by atoms with Crippen molar-refractivity contribution in [2.45, 2.75) is 84.2 Å². The highest BCUT2D eigenvalue weighted by Gasteiger charge is 2.26. The Hall–Kier alpha value is -2.58. The highest BCUT2D eigenvalue weighted by molar-refractivity contribution is 5.92. The van der Waals surface area contributed by atoms with E-state index in [9.17, 15) is 23.6 Å². The van der Waals surface area contributed by atoms with E-state index in [1.54, 1.807) is 0 Å². The first-order valence-electron chi connectivity index (χ1n) is 11.0. The molecule has 8 nitrogen and oxygen atoms in total. The predicted octanol–water partition coefficient (Wildman–Crippen LogP) is 2.84. The van der Waals surface area contributed by atoms with Crippen molar-refractivity contribution in [3.8, 4) is 0 Å². The Kier molecular flexibility index (Phi) is 11.7. The second-order valence-electron chi connectivity index (χ2n) is 7.59. The second-order valence-corrected chi connectivity index (χ2v) is 7.59. The van der Waals surface area contributed by atoms with Crippen LogP contribution in [-0.2, 0) is 20.9 Å². The Morgan fingerprint density at radius 1 is 1.26 bits per heavy atom. The number of nitrogens with one attached hydrogen (secondary N) is 1. The molecule has 1 amide bonds. The van der Waals surface area contributed by atoms with E-state index in [1.807, 2.05) is 13.8 Å². The van der Waals surface area contributed by atoms with E-state index in [-0.39, 0.29) is 24.0 Å². The fraction of sp³-hybridized carbons (Fsp3) is 0.682. The fourth-order valence-electron chi connectivity index (χ4n) is 3.65. The number of carbonyl (C=O) groups is 3. The lowest BCUT2D eigenvalue weighted by atomic mass is 9.89. The van der Waals surface area contributed by atoms with Gasteiger partial charge in [0.2, 0.25) is 5.91 Å². The van der Waals surface area contributed by atoms with Gasteiger partial charge in [-0.25, -0.2) is 9.07 Å². The van der Waals surface area contributed by atoms with Crippen molar-refractivity contribution in [3.05, 3.63) is 28.2 Å². The molecular formula is C22H34FN3O5. The number of Topliss-reactive ketones (excluding diaryl/α,β-unsaturated/α-hetero) is 1. The number of hydrogen-bond donors (Lipinski definition) is 2. The zero-order chi connectivity index (χ0) is 23.4. The van der Waals surface area contributed by atoms with Crippen LogP contribution < -0.4 is 10.9 Å². The van der Waals surface area contributed by atoms with Crippen molar-refractivity contribution in [3.63, 3.8) is 0 Å². The lowest BCUT2D eigenvalue weighted by Crippen LogP contribution is -2.44. The standard InChI is InChI=1S/C20H28FN3O5.C2H6/c1-13(19(28)23-16(17(25)11-21)7-8-18(26)27)15-9-10-22-24(20(15)29)12-14-5-3-2-4-6-14;1-2/h9-10,13-14,16H,2-8,11-12H2,1H3,(H,23,28)(H,26,27);1-2H3. The minimum absolute atomic E-state index is 0.210. The van der Waals surface area contributed by atoms with E-state index >= 15 is 0 Å². The molecule has 0 aromatic carbocycles. The number of hydrogen-bond acceptors (Lipinski definition) is 5. The van der Waals surface area contributed by atoms with Gasteiger partial charge in [-0.15, -0.1) is 0 Å². The molecule has 31 heavy (non-hydrogen) atoms. The zero-order valence-corrected chi connectivity index (χ0v) is 18.6. The Labute approximate surface area is 182 Å². The fourth-order valence-corrected chi connectivity index (χ4v) is 3.65. The third-order valence-corrected chi connectivity index (χ3v) is 5.44. The number of ketones is 1. The third kappa shape index (κ3) is 8.22. The highest BCUT2D eigenvalue weighted by atomic mass is 19.1. The third-order valence-electron chi connectivity index (χ3n) is 5.44. The number of amides is 1. The van der Waals surface area contributed by atoms with Gasteiger partial charge in [-0.3, -0.25) is 19.2 Å². The van der Waals surface area contributed by atoms with Gasteiger partial charge in [0.05, 0.1) is 12.0 Å². The summed E-state index contributed by atoms with van der Waals surface area (Å²) in [5, 5.41) is 15.3. The Bertz CT molecular complexity index is 790. The van der Waals surface area contributed by atoms with E-state index < -0.39 is 36.3 Å². The lowest BCUT2D eigenvalue weighted by Gasteiger charge is -2.22. The summed E-state index contributed by atoms with van der Waals surface area (Å²) in [4.78, 5) is 47.8. The molecule has 0 saturated heterocycles. The lowest BCUT2D eigenvalue weighted by molar-refractivity contribution is -0.138. The topological polar surface area (TPSA) is 118 Å². The average Bonchev–Trinajstić information content (AvgIpc) is 2.78. The van der Waals surface area contributed by atoms with Crippen LogP contribution >= 0.6 is 0 Å². The normalized spacial score (nSPS) is 15.9. The second kappa shape index (κ2) is 13.7. The van der Waals surface area contributed by atoms with Gasteiger partial charge in [0.1, 0.15) is 6.67 Å². The molecule has 0 aliphatic heterocycles. The molecule has 0 spiro atoms. The first-order chi connectivity index (χ1) is 14.8. The number of halogens is 1. The summed E-state index contributed by atoms with van der Waals surface area (Å²) in [5.41, 5.74) is -0.127. The maximum atomic E-state index is 12.8. The average molecular weight is 440 g/mol. The minimum Gasteiger partial charge on any atom is -0.481 e. The van der Waals surface area contributed by atoms with Crippen molar-refractivity contribution in [1.29, 1.82) is 0 Å². The Balaban J connectivity index is 0.00000233. The molecule has 2 atom stereocenters. The number of alkyl halides is 1. The van der Waals surface area contributed by atoms with Gasteiger partial charge in [-0.2, -0.15) is 5.10 Å². The van der Waals surface area contributed by atoms with Crippen LogP contribution in [0.25, 0.3) is 0 Å². The van der Waals surface area contributed by atoms with Gasteiger partial charge in [-0.05, 0) is 38.2 Å². The molecule has 2 N–H and O–H groups in total. The van der Waals surface area contributed by atoms with Crippen LogP contribution in [0.4, 0.5) is 4.39 Å². The molecule has 0 bridgehead atoms. The number of carboxylic acid groups (broad SMARTS) is 1. The maximum Gasteiger partial charge on any atom is 0.303 e. The first kappa shape index (κ1) is 26.5. The van der Waals surface area contributed by atoms with Crippen LogP contribution in [0.3, 0.4) is 0 Å². The summed E-state index contributed by atoms with van der Waals surface area (Å²) in [5.74, 6) is -3.17. The van der Waals surface area contributed by atoms with Gasteiger partial charge in [0, 0.05) is 24.7 Å². The Morgan fingerprint density at radius 2 is 1.90 bits per heavy atom. The maximum absolute atomic E-state index is 12.8. The van der Waals surface area contributed by atoms with Crippen molar-refractivity contribution >= 4 is 17.7 Å². The van der Waals surface area contributed by atoms with E-state index in [4.69, 9.17) is 5.11 Å². The van der Waals surface area contributed by atoms with E-state index in [2.05, 4.69) is 10.4 Å². The SMILES string of the molecule is CC.CC(C(=O)NC(CCC(=O)O)C(=O)CF)c1ccnn(CC2CCCCC2)c1=O. The number of aromatic nitrogens is 2.